The Kier molecular flexibility index (Phi) is 8.99. The zero-order chi connectivity index (χ0) is 30.1. The highest BCUT2D eigenvalue weighted by Gasteiger charge is 2.80. The molecule has 2 amide bonds. The molecular weight excluding hydrogens is 522 g/mol. The van der Waals surface area contributed by atoms with Crippen LogP contribution in [0.5, 0.6) is 0 Å². The molecule has 9 nitrogen and oxygen atoms in total. The molecule has 3 heterocycles. The molecule has 1 N–H and O–H groups in total. The molecule has 0 radical (unpaired) electrons. The van der Waals surface area contributed by atoms with Crippen molar-refractivity contribution in [1.29, 1.82) is 0 Å². The molecule has 0 aliphatic carbocycles. The van der Waals surface area contributed by atoms with Gasteiger partial charge in [-0.15, -0.1) is 6.58 Å². The third-order valence-electron chi connectivity index (χ3n) is 9.53. The smallest absolute Gasteiger partial charge is 0.313 e. The lowest BCUT2D eigenvalue weighted by molar-refractivity contribution is -0.161. The molecule has 2 bridgehead atoms. The Bertz CT molecular complexity index is 1160. The number of rotatable bonds is 13. The molecule has 9 heteroatoms. The van der Waals surface area contributed by atoms with Crippen LogP contribution in [-0.4, -0.2) is 83.9 Å². The minimum Gasteiger partial charge on any atom is -0.461 e. The zero-order valence-electron chi connectivity index (χ0n) is 25.0. The van der Waals surface area contributed by atoms with Crippen LogP contribution in [0.1, 0.15) is 47.5 Å². The van der Waals surface area contributed by atoms with E-state index in [0.717, 1.165) is 18.8 Å². The van der Waals surface area contributed by atoms with Crippen molar-refractivity contribution in [2.75, 3.05) is 42.6 Å². The molecule has 0 saturated carbocycles. The summed E-state index contributed by atoms with van der Waals surface area (Å²) in [4.78, 5) is 47.8. The maximum Gasteiger partial charge on any atom is 0.313 e. The number of benzene rings is 1. The van der Waals surface area contributed by atoms with Crippen molar-refractivity contribution in [2.24, 2.45) is 17.8 Å². The maximum atomic E-state index is 14.7. The molecule has 3 unspecified atom stereocenters. The van der Waals surface area contributed by atoms with Crippen molar-refractivity contribution in [3.8, 4) is 0 Å². The highest BCUT2D eigenvalue weighted by Crippen LogP contribution is 2.65. The van der Waals surface area contributed by atoms with Gasteiger partial charge in [0.15, 0.2) is 0 Å². The molecule has 3 aliphatic heterocycles. The SMILES string of the molecule is C=CCOC(=O)[C@H]1[C@H]2C(=O)N([C@@H](CC)CO)C(C(=O)N(CC=C)c3ccc(N(CC)CC)cc3)C23CC(C)[C@]1(C)O3. The Morgan fingerprint density at radius 1 is 1.17 bits per heavy atom. The van der Waals surface area contributed by atoms with Gasteiger partial charge < -0.3 is 29.3 Å². The predicted molar refractivity (Wildman–Crippen MR) is 158 cm³/mol. The first-order valence-electron chi connectivity index (χ1n) is 14.8. The van der Waals surface area contributed by atoms with E-state index in [0.29, 0.717) is 18.5 Å². The number of carbonyl (C=O) groups is 3. The fraction of sp³-hybridized carbons (Fsp3) is 0.594. The van der Waals surface area contributed by atoms with Gasteiger partial charge in [-0.1, -0.05) is 32.6 Å². The normalized spacial score (nSPS) is 30.6. The van der Waals surface area contributed by atoms with Gasteiger partial charge in [-0.2, -0.15) is 0 Å². The van der Waals surface area contributed by atoms with Crippen molar-refractivity contribution < 1.29 is 29.0 Å². The first-order valence-corrected chi connectivity index (χ1v) is 14.8. The largest absolute Gasteiger partial charge is 0.461 e. The van der Waals surface area contributed by atoms with Crippen LogP contribution in [0.2, 0.25) is 0 Å². The number of amides is 2. The average Bonchev–Trinajstić information content (AvgIpc) is 3.48. The molecule has 0 aromatic heterocycles. The number of hydrogen-bond acceptors (Lipinski definition) is 7. The number of hydrogen-bond donors (Lipinski definition) is 1. The molecule has 3 aliphatic rings. The molecule has 7 atom stereocenters. The Hall–Kier alpha value is -3.17. The number of likely N-dealkylation sites (tertiary alicyclic amines) is 1. The number of fused-ring (bicyclic) bond motifs is 1. The fourth-order valence-corrected chi connectivity index (χ4v) is 7.38. The van der Waals surface area contributed by atoms with Crippen LogP contribution < -0.4 is 9.80 Å². The molecule has 4 rings (SSSR count). The summed E-state index contributed by atoms with van der Waals surface area (Å²) in [6.07, 6.45) is 4.01. The van der Waals surface area contributed by atoms with Crippen molar-refractivity contribution in [2.45, 2.75) is 70.7 Å². The van der Waals surface area contributed by atoms with E-state index in [1.54, 1.807) is 11.0 Å². The van der Waals surface area contributed by atoms with Crippen LogP contribution in [-0.2, 0) is 23.9 Å². The minimum absolute atomic E-state index is 0.0185. The van der Waals surface area contributed by atoms with E-state index in [9.17, 15) is 19.5 Å². The number of nitrogens with zero attached hydrogens (tertiary/aromatic N) is 3. The minimum atomic E-state index is -1.23. The number of aliphatic hydroxyl groups is 1. The van der Waals surface area contributed by atoms with Crippen LogP contribution >= 0.6 is 0 Å². The second kappa shape index (κ2) is 12.0. The zero-order valence-corrected chi connectivity index (χ0v) is 25.0. The quantitative estimate of drug-likeness (QED) is 0.287. The Labute approximate surface area is 243 Å². The van der Waals surface area contributed by atoms with E-state index in [2.05, 4.69) is 31.9 Å². The first kappa shape index (κ1) is 30.8. The Morgan fingerprint density at radius 2 is 1.80 bits per heavy atom. The van der Waals surface area contributed by atoms with E-state index >= 15 is 0 Å². The number of ether oxygens (including phenoxy) is 2. The fourth-order valence-electron chi connectivity index (χ4n) is 7.38. The topological polar surface area (TPSA) is 99.6 Å². The lowest BCUT2D eigenvalue weighted by atomic mass is 9.62. The monoisotopic (exact) mass is 567 g/mol. The lowest BCUT2D eigenvalue weighted by Gasteiger charge is -2.39. The van der Waals surface area contributed by atoms with E-state index in [1.165, 1.54) is 11.0 Å². The molecule has 3 fully saturated rings. The third kappa shape index (κ3) is 4.77. The molecule has 3 saturated heterocycles. The molecule has 1 spiro atoms. The van der Waals surface area contributed by atoms with Crippen molar-refractivity contribution in [3.63, 3.8) is 0 Å². The number of esters is 1. The lowest BCUT2D eigenvalue weighted by Crippen LogP contribution is -2.59. The summed E-state index contributed by atoms with van der Waals surface area (Å²) in [6, 6.07) is 6.14. The van der Waals surface area contributed by atoms with Gasteiger partial charge in [-0.05, 0) is 63.8 Å². The second-order valence-corrected chi connectivity index (χ2v) is 11.5. The highest BCUT2D eigenvalue weighted by atomic mass is 16.6. The third-order valence-corrected chi connectivity index (χ3v) is 9.53. The van der Waals surface area contributed by atoms with Crippen LogP contribution in [0.4, 0.5) is 11.4 Å². The summed E-state index contributed by atoms with van der Waals surface area (Å²) in [5.41, 5.74) is -0.487. The van der Waals surface area contributed by atoms with E-state index < -0.39 is 41.1 Å². The second-order valence-electron chi connectivity index (χ2n) is 11.5. The van der Waals surface area contributed by atoms with Gasteiger partial charge in [0.1, 0.15) is 24.2 Å². The Balaban J connectivity index is 1.81. The number of aliphatic hydroxyl groups excluding tert-OH is 1. The molecule has 41 heavy (non-hydrogen) atoms. The van der Waals surface area contributed by atoms with Gasteiger partial charge in [-0.25, -0.2) is 0 Å². The summed E-state index contributed by atoms with van der Waals surface area (Å²) in [5, 5.41) is 10.3. The van der Waals surface area contributed by atoms with Gasteiger partial charge in [0.25, 0.3) is 5.91 Å². The Morgan fingerprint density at radius 3 is 2.34 bits per heavy atom. The van der Waals surface area contributed by atoms with Gasteiger partial charge in [0.05, 0.1) is 24.2 Å². The summed E-state index contributed by atoms with van der Waals surface area (Å²) >= 11 is 0. The average molecular weight is 568 g/mol. The van der Waals surface area contributed by atoms with E-state index in [-0.39, 0.29) is 37.5 Å². The van der Waals surface area contributed by atoms with Gasteiger partial charge in [0, 0.05) is 31.0 Å². The molecule has 224 valence electrons. The standard InChI is InChI=1S/C32H45N3O6/c1-8-17-34(24-15-13-23(14-16-24)33(11-4)12-5)29(38)27-32-19-21(6)31(7,41-32)26(30(39)40-18-9-2)25(32)28(37)35(27)22(10-3)20-36/h8-9,13-16,21-22,25-27,36H,1-2,10-12,17-20H2,3-7H3/t21?,22-,25-,26+,27?,31-,32?/m0/s1. The van der Waals surface area contributed by atoms with Crippen LogP contribution in [0, 0.1) is 17.8 Å². The summed E-state index contributed by atoms with van der Waals surface area (Å²) in [5.74, 6) is -3.09. The van der Waals surface area contributed by atoms with Crippen LogP contribution in [0.25, 0.3) is 0 Å². The van der Waals surface area contributed by atoms with Gasteiger partial charge in [-0.3, -0.25) is 14.4 Å². The van der Waals surface area contributed by atoms with Gasteiger partial charge >= 0.3 is 5.97 Å². The van der Waals surface area contributed by atoms with Crippen molar-refractivity contribution in [1.82, 2.24) is 4.90 Å². The molecule has 1 aromatic carbocycles. The first-order chi connectivity index (χ1) is 19.6. The van der Waals surface area contributed by atoms with Crippen molar-refractivity contribution in [3.05, 3.63) is 49.6 Å². The van der Waals surface area contributed by atoms with Crippen molar-refractivity contribution >= 4 is 29.2 Å². The summed E-state index contributed by atoms with van der Waals surface area (Å²) < 4.78 is 12.2. The number of anilines is 2. The molecular formula is C32H45N3O6. The summed E-state index contributed by atoms with van der Waals surface area (Å²) in [7, 11) is 0. The highest BCUT2D eigenvalue weighted by molar-refractivity contribution is 6.05. The predicted octanol–water partition coefficient (Wildman–Crippen LogP) is 3.56. The number of carbonyl (C=O) groups excluding carboxylic acids is 3. The molecule has 1 aromatic rings. The summed E-state index contributed by atoms with van der Waals surface area (Å²) in [6.45, 7) is 19.1. The van der Waals surface area contributed by atoms with E-state index in [1.807, 2.05) is 45.0 Å². The van der Waals surface area contributed by atoms with Crippen LogP contribution in [0.15, 0.2) is 49.6 Å². The maximum absolute atomic E-state index is 14.7. The van der Waals surface area contributed by atoms with Gasteiger partial charge in [0.2, 0.25) is 5.91 Å². The van der Waals surface area contributed by atoms with E-state index in [4.69, 9.17) is 9.47 Å². The van der Waals surface area contributed by atoms with Crippen LogP contribution in [0.3, 0.4) is 0 Å².